The number of piperazine rings is 1. The number of nitrogens with one attached hydrogen (secondary N) is 2. The molecule has 58 heavy (non-hydrogen) atoms. The highest BCUT2D eigenvalue weighted by Crippen LogP contribution is 2.46. The van der Waals surface area contributed by atoms with E-state index in [0.29, 0.717) is 62.0 Å². The van der Waals surface area contributed by atoms with Gasteiger partial charge in [0, 0.05) is 51.9 Å². The van der Waals surface area contributed by atoms with Crippen LogP contribution in [0, 0.1) is 0 Å². The van der Waals surface area contributed by atoms with E-state index in [2.05, 4.69) is 34.5 Å². The molecule has 3 N–H and O–H groups in total. The molecule has 16 heteroatoms. The number of aromatic nitrogens is 2. The summed E-state index contributed by atoms with van der Waals surface area (Å²) < 4.78 is 62.3. The zero-order valence-electron chi connectivity index (χ0n) is 35.6. The van der Waals surface area contributed by atoms with Crippen LogP contribution in [0.2, 0.25) is 0 Å². The molecule has 0 aliphatic carbocycles. The molecule has 4 aliphatic heterocycles. The number of rotatable bonds is 22. The van der Waals surface area contributed by atoms with Gasteiger partial charge >= 0.3 is 0 Å². The molecule has 0 saturated carbocycles. The van der Waals surface area contributed by atoms with Gasteiger partial charge in [-0.25, -0.2) is 8.42 Å². The molecule has 3 fully saturated rings. The molecule has 0 spiro atoms. The second-order valence-electron chi connectivity index (χ2n) is 16.7. The summed E-state index contributed by atoms with van der Waals surface area (Å²) in [5, 5.41) is 22.4. The molecule has 1 amide bonds. The number of unbranched alkanes of at least 4 members (excludes halogenated alkanes) is 9. The fourth-order valence-electron chi connectivity index (χ4n) is 8.73. The standard InChI is InChI=1S/C42H68N6O9S/c1-7-10-11-12-13-14-15-16-17-18-26-53-29-42-38(56-41(4,5)57-42)37(49)34(55-42)28-47-22-24-48(25-23-47)58(51,52)30-20-21-33(54-9-3)31(27-30)39-43-35-32(19-8-2)45-46(6)36(35)40(50)44-39/h20-21,27,34,37-39,43,49H,7-19,22-26,28-29H2,1-6H3,(H,44,50)/t34-,37+,38-,39?,42-/m0/s1. The van der Waals surface area contributed by atoms with E-state index in [0.717, 1.165) is 25.0 Å². The highest BCUT2D eigenvalue weighted by molar-refractivity contribution is 7.89. The number of ether oxygens (including phenoxy) is 5. The van der Waals surface area contributed by atoms with Gasteiger partial charge in [-0.05, 0) is 51.8 Å². The number of aliphatic hydroxyl groups is 1. The van der Waals surface area contributed by atoms with Crippen LogP contribution in [0.5, 0.6) is 5.75 Å². The monoisotopic (exact) mass is 832 g/mol. The number of aliphatic hydroxyl groups excluding tert-OH is 1. The van der Waals surface area contributed by atoms with E-state index in [-0.39, 0.29) is 30.5 Å². The maximum Gasteiger partial charge on any atom is 0.273 e. The summed E-state index contributed by atoms with van der Waals surface area (Å²) in [6, 6.07) is 4.80. The lowest BCUT2D eigenvalue weighted by Crippen LogP contribution is -2.51. The second-order valence-corrected chi connectivity index (χ2v) is 18.6. The lowest BCUT2D eigenvalue weighted by molar-refractivity contribution is -0.279. The van der Waals surface area contributed by atoms with Gasteiger partial charge < -0.3 is 39.4 Å². The summed E-state index contributed by atoms with van der Waals surface area (Å²) in [6.07, 6.45) is 11.0. The topological polar surface area (TPSA) is 166 Å². The van der Waals surface area contributed by atoms with E-state index in [4.69, 9.17) is 23.7 Å². The average molecular weight is 833 g/mol. The Morgan fingerprint density at radius 2 is 1.62 bits per heavy atom. The van der Waals surface area contributed by atoms with Gasteiger partial charge in [0.2, 0.25) is 15.8 Å². The molecule has 0 radical (unpaired) electrons. The van der Waals surface area contributed by atoms with Crippen LogP contribution in [0.15, 0.2) is 23.1 Å². The molecule has 3 saturated heterocycles. The van der Waals surface area contributed by atoms with Gasteiger partial charge in [0.15, 0.2) is 5.79 Å². The molecule has 5 atom stereocenters. The highest BCUT2D eigenvalue weighted by atomic mass is 32.2. The Morgan fingerprint density at radius 3 is 2.29 bits per heavy atom. The maximum absolute atomic E-state index is 14.1. The van der Waals surface area contributed by atoms with Crippen LogP contribution in [-0.2, 0) is 42.4 Å². The first kappa shape index (κ1) is 44.7. The third-order valence-electron chi connectivity index (χ3n) is 11.6. The molecule has 15 nitrogen and oxygen atoms in total. The molecule has 5 heterocycles. The number of carbonyl (C=O) groups is 1. The van der Waals surface area contributed by atoms with Gasteiger partial charge in [0.25, 0.3) is 5.91 Å². The van der Waals surface area contributed by atoms with Crippen molar-refractivity contribution in [3.63, 3.8) is 0 Å². The SMILES string of the molecule is CCCCCCCCCCCCOC[C@@]12O[C@@H](CN3CCN(S(=O)(=O)c4ccc(OCC)c(C5NC(=O)c6c(c(CCC)nn6C)N5)c4)CC3)[C@@H](O)[C@@H]1OC(C)(C)O2. The molecular formula is C42H68N6O9S. The minimum atomic E-state index is -3.91. The van der Waals surface area contributed by atoms with Crippen molar-refractivity contribution < 1.29 is 42.0 Å². The Labute approximate surface area is 345 Å². The van der Waals surface area contributed by atoms with Crippen molar-refractivity contribution in [2.24, 2.45) is 7.05 Å². The van der Waals surface area contributed by atoms with Crippen LogP contribution in [-0.4, -0.2) is 121 Å². The first-order chi connectivity index (χ1) is 27.8. The number of sulfonamides is 1. The molecule has 326 valence electrons. The summed E-state index contributed by atoms with van der Waals surface area (Å²) in [5.41, 5.74) is 2.38. The number of hydrogen-bond acceptors (Lipinski definition) is 12. The van der Waals surface area contributed by atoms with E-state index >= 15 is 0 Å². The minimum absolute atomic E-state index is 0.111. The first-order valence-corrected chi connectivity index (χ1v) is 23.2. The van der Waals surface area contributed by atoms with Crippen molar-refractivity contribution in [2.45, 2.75) is 153 Å². The van der Waals surface area contributed by atoms with Gasteiger partial charge in [-0.1, -0.05) is 78.1 Å². The van der Waals surface area contributed by atoms with Crippen molar-refractivity contribution in [3.8, 4) is 5.75 Å². The van der Waals surface area contributed by atoms with Crippen molar-refractivity contribution in [3.05, 3.63) is 35.2 Å². The molecule has 1 unspecified atom stereocenters. The molecule has 6 rings (SSSR count). The molecule has 1 aromatic heterocycles. The van der Waals surface area contributed by atoms with Crippen molar-refractivity contribution in [1.82, 2.24) is 24.3 Å². The van der Waals surface area contributed by atoms with Crippen LogP contribution in [0.3, 0.4) is 0 Å². The van der Waals surface area contributed by atoms with E-state index in [9.17, 15) is 18.3 Å². The van der Waals surface area contributed by atoms with Crippen LogP contribution in [0.4, 0.5) is 5.69 Å². The minimum Gasteiger partial charge on any atom is -0.493 e. The van der Waals surface area contributed by atoms with Crippen molar-refractivity contribution in [2.75, 3.05) is 57.9 Å². The number of anilines is 1. The molecule has 1 aromatic carbocycles. The van der Waals surface area contributed by atoms with Crippen molar-refractivity contribution in [1.29, 1.82) is 0 Å². The summed E-state index contributed by atoms with van der Waals surface area (Å²) >= 11 is 0. The predicted molar refractivity (Wildman–Crippen MR) is 220 cm³/mol. The predicted octanol–water partition coefficient (Wildman–Crippen LogP) is 5.48. The Balaban J connectivity index is 1.03. The Hall–Kier alpha value is -2.83. The average Bonchev–Trinajstić information content (AvgIpc) is 3.74. The molecular weight excluding hydrogens is 765 g/mol. The highest BCUT2D eigenvalue weighted by Gasteiger charge is 2.65. The zero-order chi connectivity index (χ0) is 41.5. The Morgan fingerprint density at radius 1 is 0.931 bits per heavy atom. The number of benzene rings is 1. The van der Waals surface area contributed by atoms with Crippen LogP contribution in [0.1, 0.15) is 133 Å². The molecule has 4 aliphatic rings. The van der Waals surface area contributed by atoms with Gasteiger partial charge in [-0.3, -0.25) is 14.4 Å². The number of hydrogen-bond donors (Lipinski definition) is 3. The molecule has 0 bridgehead atoms. The van der Waals surface area contributed by atoms with Crippen LogP contribution >= 0.6 is 0 Å². The Kier molecular flexibility index (Phi) is 15.2. The van der Waals surface area contributed by atoms with E-state index in [1.54, 1.807) is 29.9 Å². The largest absolute Gasteiger partial charge is 0.493 e. The third kappa shape index (κ3) is 10.2. The van der Waals surface area contributed by atoms with Gasteiger partial charge in [0.05, 0.1) is 22.9 Å². The quantitative estimate of drug-likeness (QED) is 0.128. The second kappa shape index (κ2) is 19.7. The van der Waals surface area contributed by atoms with Gasteiger partial charge in [-0.2, -0.15) is 9.40 Å². The first-order valence-electron chi connectivity index (χ1n) is 21.8. The van der Waals surface area contributed by atoms with Crippen molar-refractivity contribution >= 4 is 21.6 Å². The Bertz CT molecular complexity index is 1780. The molecule has 2 aromatic rings. The maximum atomic E-state index is 14.1. The van der Waals surface area contributed by atoms with E-state index < -0.39 is 46.1 Å². The lowest BCUT2D eigenvalue weighted by Gasteiger charge is -2.36. The third-order valence-corrected chi connectivity index (χ3v) is 13.5. The smallest absolute Gasteiger partial charge is 0.273 e. The fraction of sp³-hybridized carbons (Fsp3) is 0.762. The fourth-order valence-corrected chi connectivity index (χ4v) is 10.2. The number of amides is 1. The zero-order valence-corrected chi connectivity index (χ0v) is 36.4. The summed E-state index contributed by atoms with van der Waals surface area (Å²) in [5.74, 6) is -1.97. The number of fused-ring (bicyclic) bond motifs is 2. The van der Waals surface area contributed by atoms with Crippen LogP contribution < -0.4 is 15.4 Å². The van der Waals surface area contributed by atoms with E-state index in [1.165, 1.54) is 55.7 Å². The van der Waals surface area contributed by atoms with Crippen LogP contribution in [0.25, 0.3) is 0 Å². The number of nitrogens with zero attached hydrogens (tertiary/aromatic N) is 4. The van der Waals surface area contributed by atoms with E-state index in [1.807, 2.05) is 20.8 Å². The summed E-state index contributed by atoms with van der Waals surface area (Å²) in [4.78, 5) is 15.5. The number of aryl methyl sites for hydroxylation is 2. The summed E-state index contributed by atoms with van der Waals surface area (Å²) in [7, 11) is -2.17. The van der Waals surface area contributed by atoms with Gasteiger partial charge in [0.1, 0.15) is 42.5 Å². The number of carbonyl (C=O) groups excluding carboxylic acids is 1. The lowest BCUT2D eigenvalue weighted by atomic mass is 10.1. The van der Waals surface area contributed by atoms with Gasteiger partial charge in [-0.15, -0.1) is 0 Å². The summed E-state index contributed by atoms with van der Waals surface area (Å²) in [6.45, 7) is 12.7. The normalized spacial score (nSPS) is 26.0.